The lowest BCUT2D eigenvalue weighted by molar-refractivity contribution is 0.102. The van der Waals surface area contributed by atoms with E-state index in [0.717, 1.165) is 24.1 Å². The van der Waals surface area contributed by atoms with Crippen LogP contribution in [0.5, 0.6) is 0 Å². The van der Waals surface area contributed by atoms with E-state index in [1.165, 1.54) is 23.5 Å². The molecule has 2 aromatic rings. The number of nitrogens with zero attached hydrogens (tertiary/aromatic N) is 2. The molecule has 1 N–H and O–H groups in total. The zero-order chi connectivity index (χ0) is 15.0. The lowest BCUT2D eigenvalue weighted by atomic mass is 10.2. The van der Waals surface area contributed by atoms with Gasteiger partial charge in [-0.25, -0.2) is 8.42 Å². The van der Waals surface area contributed by atoms with Crippen molar-refractivity contribution in [2.45, 2.75) is 23.7 Å². The Morgan fingerprint density at radius 2 is 2.00 bits per heavy atom. The summed E-state index contributed by atoms with van der Waals surface area (Å²) in [5.74, 6) is -0.0222. The Balaban J connectivity index is 1.85. The molecule has 1 heterocycles. The molecule has 0 saturated heterocycles. The lowest BCUT2D eigenvalue weighted by Crippen LogP contribution is -2.15. The van der Waals surface area contributed by atoms with Gasteiger partial charge in [0.25, 0.3) is 5.91 Å². The number of anilines is 1. The maximum Gasteiger partial charge on any atom is 0.258 e. The predicted molar refractivity (Wildman–Crippen MR) is 79.4 cm³/mol. The van der Waals surface area contributed by atoms with Crippen molar-refractivity contribution in [2.24, 2.45) is 0 Å². The molecule has 110 valence electrons. The molecule has 0 aliphatic heterocycles. The summed E-state index contributed by atoms with van der Waals surface area (Å²) in [4.78, 5) is 12.2. The molecule has 0 bridgehead atoms. The maximum atomic E-state index is 12.2. The van der Waals surface area contributed by atoms with E-state index in [2.05, 4.69) is 15.5 Å². The minimum absolute atomic E-state index is 0.00873. The van der Waals surface area contributed by atoms with E-state index in [0.29, 0.717) is 11.0 Å². The van der Waals surface area contributed by atoms with Crippen LogP contribution in [0.15, 0.2) is 29.2 Å². The number of aromatic nitrogens is 2. The molecule has 1 fully saturated rings. The first kappa shape index (κ1) is 14.2. The molecular weight excluding hydrogens is 310 g/mol. The molecule has 3 rings (SSSR count). The van der Waals surface area contributed by atoms with E-state index in [1.807, 2.05) is 0 Å². The zero-order valence-electron chi connectivity index (χ0n) is 11.2. The number of hydrogen-bond acceptors (Lipinski definition) is 6. The normalized spacial score (nSPS) is 14.9. The molecule has 0 radical (unpaired) electrons. The quantitative estimate of drug-likeness (QED) is 0.930. The minimum atomic E-state index is -3.46. The molecule has 1 aliphatic rings. The fraction of sp³-hybridized carbons (Fsp3) is 0.308. The van der Waals surface area contributed by atoms with E-state index in [4.69, 9.17) is 0 Å². The highest BCUT2D eigenvalue weighted by Crippen LogP contribution is 2.42. The summed E-state index contributed by atoms with van der Waals surface area (Å²) in [7, 11) is -3.46. The van der Waals surface area contributed by atoms with Crippen LogP contribution in [0, 0.1) is 0 Å². The van der Waals surface area contributed by atoms with E-state index in [9.17, 15) is 13.2 Å². The van der Waals surface area contributed by atoms with E-state index >= 15 is 0 Å². The molecule has 0 atom stereocenters. The minimum Gasteiger partial charge on any atom is -0.296 e. The number of sulfone groups is 1. The molecule has 6 nitrogen and oxygen atoms in total. The summed E-state index contributed by atoms with van der Waals surface area (Å²) < 4.78 is 23.4. The highest BCUT2D eigenvalue weighted by Gasteiger charge is 2.28. The number of hydrogen-bond donors (Lipinski definition) is 1. The van der Waals surface area contributed by atoms with Crippen molar-refractivity contribution in [2.75, 3.05) is 11.6 Å². The van der Waals surface area contributed by atoms with Gasteiger partial charge in [0.05, 0.1) is 10.5 Å². The molecule has 1 aromatic heterocycles. The second kappa shape index (κ2) is 5.19. The van der Waals surface area contributed by atoms with Gasteiger partial charge in [-0.05, 0) is 25.0 Å². The van der Waals surface area contributed by atoms with Crippen molar-refractivity contribution in [3.63, 3.8) is 0 Å². The Labute approximate surface area is 126 Å². The Morgan fingerprint density at radius 3 is 2.67 bits per heavy atom. The van der Waals surface area contributed by atoms with Gasteiger partial charge in [0.2, 0.25) is 5.13 Å². The van der Waals surface area contributed by atoms with E-state index in [-0.39, 0.29) is 10.5 Å². The van der Waals surface area contributed by atoms with Crippen molar-refractivity contribution in [3.8, 4) is 0 Å². The van der Waals surface area contributed by atoms with Gasteiger partial charge in [-0.2, -0.15) is 0 Å². The first-order valence-corrected chi connectivity index (χ1v) is 9.10. The third-order valence-electron chi connectivity index (χ3n) is 3.12. The first-order valence-electron chi connectivity index (χ1n) is 6.39. The van der Waals surface area contributed by atoms with Crippen molar-refractivity contribution in [1.29, 1.82) is 0 Å². The van der Waals surface area contributed by atoms with Gasteiger partial charge < -0.3 is 0 Å². The second-order valence-corrected chi connectivity index (χ2v) is 7.94. The van der Waals surface area contributed by atoms with Gasteiger partial charge >= 0.3 is 0 Å². The SMILES string of the molecule is CS(=O)(=O)c1ccccc1C(=O)Nc1nnc(C2CC2)s1. The van der Waals surface area contributed by atoms with Crippen LogP contribution in [0.2, 0.25) is 0 Å². The number of amides is 1. The van der Waals surface area contributed by atoms with Crippen molar-refractivity contribution < 1.29 is 13.2 Å². The summed E-state index contributed by atoms with van der Waals surface area (Å²) >= 11 is 1.34. The summed E-state index contributed by atoms with van der Waals surface area (Å²) in [5, 5.41) is 11.9. The molecular formula is C13H13N3O3S2. The topological polar surface area (TPSA) is 89.0 Å². The van der Waals surface area contributed by atoms with Crippen LogP contribution in [0.25, 0.3) is 0 Å². The van der Waals surface area contributed by atoms with Crippen LogP contribution in [0.4, 0.5) is 5.13 Å². The summed E-state index contributed by atoms with van der Waals surface area (Å²) in [6.45, 7) is 0. The Kier molecular flexibility index (Phi) is 3.50. The number of carbonyl (C=O) groups excluding carboxylic acids is 1. The highest BCUT2D eigenvalue weighted by molar-refractivity contribution is 7.90. The third-order valence-corrected chi connectivity index (χ3v) is 5.27. The molecule has 1 aromatic carbocycles. The molecule has 1 aliphatic carbocycles. The average Bonchev–Trinajstić information content (AvgIpc) is 3.19. The lowest BCUT2D eigenvalue weighted by Gasteiger charge is -2.06. The van der Waals surface area contributed by atoms with E-state index < -0.39 is 15.7 Å². The van der Waals surface area contributed by atoms with Gasteiger partial charge in [-0.1, -0.05) is 23.5 Å². The van der Waals surface area contributed by atoms with Crippen LogP contribution in [-0.2, 0) is 9.84 Å². The van der Waals surface area contributed by atoms with Crippen molar-refractivity contribution in [3.05, 3.63) is 34.8 Å². The average molecular weight is 323 g/mol. The van der Waals surface area contributed by atoms with Gasteiger partial charge in [0.15, 0.2) is 9.84 Å². The van der Waals surface area contributed by atoms with Crippen LogP contribution in [0.3, 0.4) is 0 Å². The van der Waals surface area contributed by atoms with Crippen LogP contribution >= 0.6 is 11.3 Å². The molecule has 8 heteroatoms. The number of benzene rings is 1. The van der Waals surface area contributed by atoms with Crippen molar-refractivity contribution in [1.82, 2.24) is 10.2 Å². The maximum absolute atomic E-state index is 12.2. The van der Waals surface area contributed by atoms with Gasteiger partial charge in [-0.3, -0.25) is 10.1 Å². The highest BCUT2D eigenvalue weighted by atomic mass is 32.2. The molecule has 1 saturated carbocycles. The first-order chi connectivity index (χ1) is 9.95. The Bertz CT molecular complexity index is 794. The fourth-order valence-electron chi connectivity index (χ4n) is 1.92. The van der Waals surface area contributed by atoms with Gasteiger partial charge in [0.1, 0.15) is 5.01 Å². The molecule has 21 heavy (non-hydrogen) atoms. The summed E-state index contributed by atoms with van der Waals surface area (Å²) in [6, 6.07) is 6.11. The Morgan fingerprint density at radius 1 is 1.29 bits per heavy atom. The standard InChI is InChI=1S/C13H13N3O3S2/c1-21(18,19)10-5-3-2-4-9(10)11(17)14-13-16-15-12(20-13)8-6-7-8/h2-5,8H,6-7H2,1H3,(H,14,16,17). The predicted octanol–water partition coefficient (Wildman–Crippen LogP) is 2.07. The van der Waals surface area contributed by atoms with Crippen LogP contribution in [-0.4, -0.2) is 30.8 Å². The smallest absolute Gasteiger partial charge is 0.258 e. The summed E-state index contributed by atoms with van der Waals surface area (Å²) in [6.07, 6.45) is 3.30. The zero-order valence-corrected chi connectivity index (χ0v) is 12.9. The number of rotatable bonds is 4. The van der Waals surface area contributed by atoms with Crippen LogP contribution in [0.1, 0.15) is 34.1 Å². The molecule has 0 spiro atoms. The van der Waals surface area contributed by atoms with Crippen molar-refractivity contribution >= 4 is 32.2 Å². The van der Waals surface area contributed by atoms with E-state index in [1.54, 1.807) is 12.1 Å². The fourth-order valence-corrected chi connectivity index (χ4v) is 3.72. The van der Waals surface area contributed by atoms with Gasteiger partial charge in [-0.15, -0.1) is 10.2 Å². The Hall–Kier alpha value is -1.80. The molecule has 0 unspecified atom stereocenters. The number of carbonyl (C=O) groups is 1. The summed E-state index contributed by atoms with van der Waals surface area (Å²) in [5.41, 5.74) is 0.114. The molecule has 1 amide bonds. The van der Waals surface area contributed by atoms with Crippen LogP contribution < -0.4 is 5.32 Å². The third kappa shape index (κ3) is 3.11. The van der Waals surface area contributed by atoms with Gasteiger partial charge in [0, 0.05) is 12.2 Å². The second-order valence-electron chi connectivity index (χ2n) is 4.94. The largest absolute Gasteiger partial charge is 0.296 e. The monoisotopic (exact) mass is 323 g/mol. The number of nitrogens with one attached hydrogen (secondary N) is 1.